The van der Waals surface area contributed by atoms with Gasteiger partial charge in [0, 0.05) is 30.8 Å². The van der Waals surface area contributed by atoms with Crippen LogP contribution in [-0.2, 0) is 11.2 Å². The molecule has 6 nitrogen and oxygen atoms in total. The lowest BCUT2D eigenvalue weighted by Crippen LogP contribution is -2.49. The molecular formula is C27H41N5OS. The Morgan fingerprint density at radius 2 is 2.00 bits per heavy atom. The number of nitrogens with one attached hydrogen (secondary N) is 1. The second-order valence-corrected chi connectivity index (χ2v) is 12.7. The van der Waals surface area contributed by atoms with Gasteiger partial charge >= 0.3 is 0 Å². The van der Waals surface area contributed by atoms with Gasteiger partial charge in [0.05, 0.1) is 23.8 Å². The van der Waals surface area contributed by atoms with E-state index >= 15 is 0 Å². The summed E-state index contributed by atoms with van der Waals surface area (Å²) in [5, 5.41) is 9.02. The van der Waals surface area contributed by atoms with Crippen LogP contribution in [0.25, 0.3) is 5.57 Å². The largest absolute Gasteiger partial charge is 0.379 e. The van der Waals surface area contributed by atoms with Gasteiger partial charge in [-0.2, -0.15) is 5.10 Å². The van der Waals surface area contributed by atoms with Gasteiger partial charge in [0.25, 0.3) is 0 Å². The van der Waals surface area contributed by atoms with Gasteiger partial charge < -0.3 is 15.9 Å². The molecule has 0 amide bonds. The van der Waals surface area contributed by atoms with E-state index in [0.29, 0.717) is 5.41 Å². The van der Waals surface area contributed by atoms with E-state index in [1.807, 2.05) is 11.3 Å². The molecule has 4 aliphatic carbocycles. The van der Waals surface area contributed by atoms with E-state index in [0.717, 1.165) is 81.5 Å². The van der Waals surface area contributed by atoms with Crippen molar-refractivity contribution in [3.8, 4) is 0 Å². The zero-order valence-electron chi connectivity index (χ0n) is 20.9. The lowest BCUT2D eigenvalue weighted by Gasteiger charge is -2.56. The predicted octanol–water partition coefficient (Wildman–Crippen LogP) is 4.77. The molecule has 7 heteroatoms. The number of aromatic nitrogens is 1. The average Bonchev–Trinajstić information content (AvgIpc) is 3.42. The Morgan fingerprint density at radius 3 is 2.82 bits per heavy atom. The van der Waals surface area contributed by atoms with Crippen molar-refractivity contribution < 1.29 is 4.74 Å². The summed E-state index contributed by atoms with van der Waals surface area (Å²) in [6.45, 7) is 11.1. The van der Waals surface area contributed by atoms with Crippen molar-refractivity contribution in [3.63, 3.8) is 0 Å². The lowest BCUT2D eigenvalue weighted by atomic mass is 9.48. The number of morpholine rings is 1. The van der Waals surface area contributed by atoms with Crippen molar-refractivity contribution >= 4 is 27.8 Å². The molecule has 0 radical (unpaired) electrons. The molecule has 1 aliphatic heterocycles. The maximum absolute atomic E-state index is 5.82. The first-order valence-corrected chi connectivity index (χ1v) is 14.4. The molecule has 34 heavy (non-hydrogen) atoms. The standard InChI is InChI=1S/C27H41N5OS/c1-26-11-9-22-24(34-25(30-22)29-12-3-13-32-14-16-33-17-15-32)21(26)5-4-18-19-6-7-23(31-28)27(19,2)10-8-20(18)26/h5,18-20H,3-4,6-17,28H2,1-2H3,(H,29,30)/b31-23+/t18-,19-,20-,26+,27-/m0/s1. The second kappa shape index (κ2) is 8.90. The van der Waals surface area contributed by atoms with E-state index in [4.69, 9.17) is 15.6 Å². The first-order valence-electron chi connectivity index (χ1n) is 13.5. The Hall–Kier alpha value is -1.44. The van der Waals surface area contributed by atoms with Crippen molar-refractivity contribution in [1.82, 2.24) is 9.88 Å². The molecule has 1 aromatic rings. The first kappa shape index (κ1) is 23.0. The SMILES string of the molecule is C[C@]12CCc3nc(NCCCN4CCOCC4)sc3C1=CC[C@@H]1[C@@H]2CC[C@]2(C)/C(=N/N)CC[C@@H]12. The molecule has 3 N–H and O–H groups in total. The summed E-state index contributed by atoms with van der Waals surface area (Å²) in [5.74, 6) is 8.12. The molecule has 0 aromatic carbocycles. The molecule has 0 bridgehead atoms. The predicted molar refractivity (Wildman–Crippen MR) is 140 cm³/mol. The third-order valence-corrected chi connectivity index (χ3v) is 11.3. The Bertz CT molecular complexity index is 982. The number of ether oxygens (including phenoxy) is 1. The highest BCUT2D eigenvalue weighted by Crippen LogP contribution is 2.65. The van der Waals surface area contributed by atoms with Crippen LogP contribution in [-0.4, -0.2) is 55.0 Å². The number of hydrazone groups is 1. The number of thiazole rings is 1. The fourth-order valence-corrected chi connectivity index (χ4v) is 9.49. The molecule has 2 heterocycles. The van der Waals surface area contributed by atoms with Crippen LogP contribution < -0.4 is 11.2 Å². The number of hydrogen-bond acceptors (Lipinski definition) is 7. The molecule has 6 rings (SSSR count). The molecule has 5 atom stereocenters. The number of allylic oxidation sites excluding steroid dienone is 2. The van der Waals surface area contributed by atoms with Crippen molar-refractivity contribution in [3.05, 3.63) is 16.6 Å². The quantitative estimate of drug-likeness (QED) is 0.358. The van der Waals surface area contributed by atoms with Crippen LogP contribution in [0, 0.1) is 28.6 Å². The van der Waals surface area contributed by atoms with E-state index < -0.39 is 0 Å². The van der Waals surface area contributed by atoms with Crippen LogP contribution in [0.15, 0.2) is 11.2 Å². The summed E-state index contributed by atoms with van der Waals surface area (Å²) in [5.41, 5.74) is 4.76. The molecule has 2 saturated carbocycles. The van der Waals surface area contributed by atoms with Crippen LogP contribution in [0.2, 0.25) is 0 Å². The van der Waals surface area contributed by atoms with Crippen LogP contribution >= 0.6 is 11.3 Å². The summed E-state index contributed by atoms with van der Waals surface area (Å²) < 4.78 is 5.46. The first-order chi connectivity index (χ1) is 16.5. The maximum Gasteiger partial charge on any atom is 0.183 e. The van der Waals surface area contributed by atoms with E-state index in [9.17, 15) is 0 Å². The number of anilines is 1. The monoisotopic (exact) mass is 483 g/mol. The van der Waals surface area contributed by atoms with Crippen LogP contribution in [0.1, 0.15) is 69.4 Å². The minimum atomic E-state index is 0.236. The summed E-state index contributed by atoms with van der Waals surface area (Å²) in [4.78, 5) is 9.04. The zero-order chi connectivity index (χ0) is 23.3. The smallest absolute Gasteiger partial charge is 0.183 e. The van der Waals surface area contributed by atoms with Crippen LogP contribution in [0.5, 0.6) is 0 Å². The number of aryl methyl sites for hydroxylation is 1. The Balaban J connectivity index is 1.16. The Labute approximate surface area is 208 Å². The zero-order valence-corrected chi connectivity index (χ0v) is 21.8. The number of rotatable bonds is 5. The normalized spacial score (nSPS) is 38.6. The van der Waals surface area contributed by atoms with Gasteiger partial charge in [-0.3, -0.25) is 4.90 Å². The lowest BCUT2D eigenvalue weighted by molar-refractivity contribution is 0.0117. The minimum absolute atomic E-state index is 0.236. The van der Waals surface area contributed by atoms with Gasteiger partial charge in [-0.05, 0) is 86.7 Å². The van der Waals surface area contributed by atoms with Gasteiger partial charge in [0.1, 0.15) is 0 Å². The highest BCUT2D eigenvalue weighted by atomic mass is 32.1. The molecule has 186 valence electrons. The molecule has 0 unspecified atom stereocenters. The van der Waals surface area contributed by atoms with E-state index in [1.54, 1.807) is 5.57 Å². The molecule has 0 spiro atoms. The third kappa shape index (κ3) is 3.65. The van der Waals surface area contributed by atoms with Crippen LogP contribution in [0.4, 0.5) is 5.13 Å². The summed E-state index contributed by atoms with van der Waals surface area (Å²) in [6.07, 6.45) is 12.3. The molecular weight excluding hydrogens is 442 g/mol. The van der Waals surface area contributed by atoms with E-state index in [-0.39, 0.29) is 5.41 Å². The molecule has 5 aliphatic rings. The third-order valence-electron chi connectivity index (χ3n) is 10.2. The van der Waals surface area contributed by atoms with E-state index in [1.165, 1.54) is 48.4 Å². The number of nitrogens with zero attached hydrogens (tertiary/aromatic N) is 3. The Kier molecular flexibility index (Phi) is 6.01. The fourth-order valence-electron chi connectivity index (χ4n) is 8.28. The van der Waals surface area contributed by atoms with Gasteiger partial charge in [-0.1, -0.05) is 31.3 Å². The van der Waals surface area contributed by atoms with Gasteiger partial charge in [0.2, 0.25) is 0 Å². The number of hydrogen-bond donors (Lipinski definition) is 2. The van der Waals surface area contributed by atoms with Crippen molar-refractivity contribution in [2.45, 2.75) is 65.2 Å². The van der Waals surface area contributed by atoms with Crippen molar-refractivity contribution in [1.29, 1.82) is 0 Å². The topological polar surface area (TPSA) is 75.8 Å². The van der Waals surface area contributed by atoms with Gasteiger partial charge in [-0.15, -0.1) is 0 Å². The number of nitrogens with two attached hydrogens (primary N) is 1. The second-order valence-electron chi connectivity index (χ2n) is 11.7. The van der Waals surface area contributed by atoms with Crippen LogP contribution in [0.3, 0.4) is 0 Å². The Morgan fingerprint density at radius 1 is 1.18 bits per heavy atom. The fraction of sp³-hybridized carbons (Fsp3) is 0.778. The van der Waals surface area contributed by atoms with Crippen molar-refractivity contribution in [2.75, 3.05) is 44.7 Å². The minimum Gasteiger partial charge on any atom is -0.379 e. The highest BCUT2D eigenvalue weighted by Gasteiger charge is 2.58. The maximum atomic E-state index is 5.82. The molecule has 1 aromatic heterocycles. The average molecular weight is 484 g/mol. The highest BCUT2D eigenvalue weighted by molar-refractivity contribution is 7.16. The summed E-state index contributed by atoms with van der Waals surface area (Å²) >= 11 is 1.91. The molecule has 3 fully saturated rings. The van der Waals surface area contributed by atoms with Gasteiger partial charge in [-0.25, -0.2) is 4.98 Å². The van der Waals surface area contributed by atoms with E-state index in [2.05, 4.69) is 35.2 Å². The summed E-state index contributed by atoms with van der Waals surface area (Å²) in [6, 6.07) is 0. The van der Waals surface area contributed by atoms with Crippen molar-refractivity contribution in [2.24, 2.45) is 39.5 Å². The number of fused-ring (bicyclic) bond motifs is 7. The van der Waals surface area contributed by atoms with Gasteiger partial charge in [0.15, 0.2) is 5.13 Å². The summed E-state index contributed by atoms with van der Waals surface area (Å²) in [7, 11) is 0. The molecule has 1 saturated heterocycles.